The molecule has 0 aliphatic rings. The number of carbonyl (C=O) groups is 1. The van der Waals surface area contributed by atoms with Crippen LogP contribution in [-0.2, 0) is 9.47 Å². The first kappa shape index (κ1) is 15.9. The normalized spacial score (nSPS) is 10.5. The molecule has 6 heteroatoms. The van der Waals surface area contributed by atoms with Gasteiger partial charge >= 0.3 is 0 Å². The first-order valence-electron chi connectivity index (χ1n) is 6.12. The molecule has 0 aliphatic heterocycles. The number of hydrogen-bond acceptors (Lipinski definition) is 4. The molecule has 0 fully saturated rings. The van der Waals surface area contributed by atoms with Gasteiger partial charge in [-0.1, -0.05) is 11.6 Å². The molecule has 0 bridgehead atoms. The van der Waals surface area contributed by atoms with Gasteiger partial charge in [0.1, 0.15) is 5.15 Å². The fourth-order valence-corrected chi connectivity index (χ4v) is 1.73. The first-order chi connectivity index (χ1) is 9.13. The van der Waals surface area contributed by atoms with E-state index in [0.717, 1.165) is 12.1 Å². The van der Waals surface area contributed by atoms with Crippen LogP contribution in [-0.4, -0.2) is 44.4 Å². The van der Waals surface area contributed by atoms with Crippen molar-refractivity contribution in [1.29, 1.82) is 0 Å². The van der Waals surface area contributed by atoms with Crippen molar-refractivity contribution in [1.82, 2.24) is 10.3 Å². The summed E-state index contributed by atoms with van der Waals surface area (Å²) in [6.07, 6.45) is 0.757. The zero-order valence-electron chi connectivity index (χ0n) is 11.2. The van der Waals surface area contributed by atoms with Gasteiger partial charge in [0.25, 0.3) is 5.91 Å². The number of ether oxygens (including phenoxy) is 2. The van der Waals surface area contributed by atoms with Gasteiger partial charge in [0.15, 0.2) is 0 Å². The molecule has 19 heavy (non-hydrogen) atoms. The smallest absolute Gasteiger partial charge is 0.251 e. The van der Waals surface area contributed by atoms with E-state index in [1.54, 1.807) is 26.2 Å². The minimum atomic E-state index is -0.149. The van der Waals surface area contributed by atoms with Gasteiger partial charge in [-0.2, -0.15) is 0 Å². The molecule has 0 saturated heterocycles. The highest BCUT2D eigenvalue weighted by atomic mass is 35.5. The molecule has 0 saturated carbocycles. The summed E-state index contributed by atoms with van der Waals surface area (Å²) in [4.78, 5) is 15.8. The minimum absolute atomic E-state index is 0.149. The lowest BCUT2D eigenvalue weighted by Gasteiger charge is -2.07. The number of amides is 1. The Morgan fingerprint density at radius 3 is 2.84 bits per heavy atom. The number of halogens is 1. The third-order valence-corrected chi connectivity index (χ3v) is 2.56. The lowest BCUT2D eigenvalue weighted by molar-refractivity contribution is 0.0688. The second-order valence-electron chi connectivity index (χ2n) is 4.03. The third-order valence-electron chi connectivity index (χ3n) is 2.37. The molecule has 0 atom stereocenters. The monoisotopic (exact) mass is 286 g/mol. The predicted octanol–water partition coefficient (Wildman–Crippen LogP) is 1.83. The van der Waals surface area contributed by atoms with Gasteiger partial charge in [-0.05, 0) is 25.5 Å². The molecule has 106 valence electrons. The molecule has 5 nitrogen and oxygen atoms in total. The topological polar surface area (TPSA) is 60.5 Å². The molecule has 1 N–H and O–H groups in total. The van der Waals surface area contributed by atoms with Crippen molar-refractivity contribution in [2.75, 3.05) is 33.5 Å². The molecule has 0 radical (unpaired) electrons. The van der Waals surface area contributed by atoms with Crippen LogP contribution in [0.4, 0.5) is 0 Å². The first-order valence-corrected chi connectivity index (χ1v) is 6.50. The van der Waals surface area contributed by atoms with E-state index in [4.69, 9.17) is 21.1 Å². The van der Waals surface area contributed by atoms with Gasteiger partial charge in [-0.3, -0.25) is 4.79 Å². The van der Waals surface area contributed by atoms with Crippen molar-refractivity contribution in [3.05, 3.63) is 28.5 Å². The summed E-state index contributed by atoms with van der Waals surface area (Å²) in [5.74, 6) is -0.149. The number of hydrogen-bond donors (Lipinski definition) is 1. The van der Waals surface area contributed by atoms with Crippen LogP contribution in [0.25, 0.3) is 0 Å². The SMILES string of the molecule is COCCOCCCNC(=O)c1cc(C)nc(Cl)c1. The van der Waals surface area contributed by atoms with Crippen LogP contribution in [0.2, 0.25) is 5.15 Å². The predicted molar refractivity (Wildman–Crippen MR) is 73.6 cm³/mol. The number of nitrogens with one attached hydrogen (secondary N) is 1. The second-order valence-corrected chi connectivity index (χ2v) is 4.42. The Morgan fingerprint density at radius 1 is 1.37 bits per heavy atom. The van der Waals surface area contributed by atoms with E-state index < -0.39 is 0 Å². The molecule has 1 aromatic rings. The van der Waals surface area contributed by atoms with Crippen LogP contribution in [0.5, 0.6) is 0 Å². The van der Waals surface area contributed by atoms with Crippen LogP contribution >= 0.6 is 11.6 Å². The van der Waals surface area contributed by atoms with Gasteiger partial charge in [-0.25, -0.2) is 4.98 Å². The summed E-state index contributed by atoms with van der Waals surface area (Å²) in [5, 5.41) is 3.13. The van der Waals surface area contributed by atoms with Crippen molar-refractivity contribution >= 4 is 17.5 Å². The lowest BCUT2D eigenvalue weighted by Crippen LogP contribution is -2.25. The zero-order valence-corrected chi connectivity index (χ0v) is 12.0. The van der Waals surface area contributed by atoms with Gasteiger partial charge in [-0.15, -0.1) is 0 Å². The number of rotatable bonds is 8. The fraction of sp³-hybridized carbons (Fsp3) is 0.538. The van der Waals surface area contributed by atoms with Crippen molar-refractivity contribution in [3.8, 4) is 0 Å². The van der Waals surface area contributed by atoms with Crippen molar-refractivity contribution < 1.29 is 14.3 Å². The minimum Gasteiger partial charge on any atom is -0.382 e. The van der Waals surface area contributed by atoms with Crippen LogP contribution in [0, 0.1) is 6.92 Å². The van der Waals surface area contributed by atoms with E-state index in [1.807, 2.05) is 0 Å². The molecule has 0 spiro atoms. The Kier molecular flexibility index (Phi) is 7.40. The van der Waals surface area contributed by atoms with Crippen molar-refractivity contribution in [3.63, 3.8) is 0 Å². The Labute approximate surface area is 118 Å². The summed E-state index contributed by atoms with van der Waals surface area (Å²) >= 11 is 5.80. The standard InChI is InChI=1S/C13H19ClN2O3/c1-10-8-11(9-12(14)16-10)13(17)15-4-3-5-19-7-6-18-2/h8-9H,3-7H2,1-2H3,(H,15,17). The average Bonchev–Trinajstić information content (AvgIpc) is 2.36. The Hall–Kier alpha value is -1.17. The summed E-state index contributed by atoms with van der Waals surface area (Å²) in [6.45, 7) is 4.11. The highest BCUT2D eigenvalue weighted by Gasteiger charge is 2.07. The maximum Gasteiger partial charge on any atom is 0.251 e. The van der Waals surface area contributed by atoms with E-state index in [-0.39, 0.29) is 5.91 Å². The number of carbonyl (C=O) groups excluding carboxylic acids is 1. The highest BCUT2D eigenvalue weighted by molar-refractivity contribution is 6.29. The average molecular weight is 287 g/mol. The number of nitrogens with zero attached hydrogens (tertiary/aromatic N) is 1. The largest absolute Gasteiger partial charge is 0.382 e. The molecular weight excluding hydrogens is 268 g/mol. The molecule has 1 rings (SSSR count). The van der Waals surface area contributed by atoms with E-state index in [9.17, 15) is 4.79 Å². The second kappa shape index (κ2) is 8.85. The van der Waals surface area contributed by atoms with Gasteiger partial charge < -0.3 is 14.8 Å². The van der Waals surface area contributed by atoms with Crippen LogP contribution < -0.4 is 5.32 Å². The molecular formula is C13H19ClN2O3. The number of aryl methyl sites for hydroxylation is 1. The Bertz CT molecular complexity index is 393. The van der Waals surface area contributed by atoms with E-state index in [1.165, 1.54) is 0 Å². The van der Waals surface area contributed by atoms with Gasteiger partial charge in [0.05, 0.1) is 13.2 Å². The number of aromatic nitrogens is 1. The van der Waals surface area contributed by atoms with Gasteiger partial charge in [0, 0.05) is 31.5 Å². The molecule has 1 aromatic heterocycles. The molecule has 1 amide bonds. The maximum atomic E-state index is 11.8. The molecule has 0 unspecified atom stereocenters. The van der Waals surface area contributed by atoms with E-state index in [2.05, 4.69) is 10.3 Å². The van der Waals surface area contributed by atoms with Crippen molar-refractivity contribution in [2.24, 2.45) is 0 Å². The van der Waals surface area contributed by atoms with Crippen LogP contribution in [0.3, 0.4) is 0 Å². The van der Waals surface area contributed by atoms with Crippen LogP contribution in [0.1, 0.15) is 22.5 Å². The van der Waals surface area contributed by atoms with E-state index >= 15 is 0 Å². The quantitative estimate of drug-likeness (QED) is 0.585. The van der Waals surface area contributed by atoms with Crippen LogP contribution in [0.15, 0.2) is 12.1 Å². The third kappa shape index (κ3) is 6.52. The van der Waals surface area contributed by atoms with E-state index in [0.29, 0.717) is 37.1 Å². The number of pyridine rings is 1. The summed E-state index contributed by atoms with van der Waals surface area (Å²) in [5.41, 5.74) is 1.25. The molecule has 0 aromatic carbocycles. The molecule has 0 aliphatic carbocycles. The summed E-state index contributed by atoms with van der Waals surface area (Å²) in [7, 11) is 1.63. The lowest BCUT2D eigenvalue weighted by atomic mass is 10.2. The highest BCUT2D eigenvalue weighted by Crippen LogP contribution is 2.10. The molecule has 1 heterocycles. The summed E-state index contributed by atoms with van der Waals surface area (Å²) < 4.78 is 10.1. The van der Waals surface area contributed by atoms with Crippen molar-refractivity contribution in [2.45, 2.75) is 13.3 Å². The Morgan fingerprint density at radius 2 is 2.16 bits per heavy atom. The zero-order chi connectivity index (χ0) is 14.1. The fourth-order valence-electron chi connectivity index (χ4n) is 1.48. The number of methoxy groups -OCH3 is 1. The maximum absolute atomic E-state index is 11.8. The Balaban J connectivity index is 2.24. The van der Waals surface area contributed by atoms with Gasteiger partial charge in [0.2, 0.25) is 0 Å². The summed E-state index contributed by atoms with van der Waals surface area (Å²) in [6, 6.07) is 3.26.